The lowest BCUT2D eigenvalue weighted by molar-refractivity contribution is -0.115. The van der Waals surface area contributed by atoms with Gasteiger partial charge in [-0.05, 0) is 30.3 Å². The maximum absolute atomic E-state index is 12.6. The van der Waals surface area contributed by atoms with Crippen LogP contribution in [0, 0.1) is 0 Å². The van der Waals surface area contributed by atoms with E-state index >= 15 is 0 Å². The van der Waals surface area contributed by atoms with Gasteiger partial charge in [-0.1, -0.05) is 6.08 Å². The highest BCUT2D eigenvalue weighted by atomic mass is 32.2. The van der Waals surface area contributed by atoms with E-state index in [1.54, 1.807) is 43.5 Å². The summed E-state index contributed by atoms with van der Waals surface area (Å²) in [6.07, 6.45) is 3.45. The number of carbonyl (C=O) groups is 1. The lowest BCUT2D eigenvalue weighted by atomic mass is 10.2. The smallest absolute Gasteiger partial charge is 0.330 e. The van der Waals surface area contributed by atoms with E-state index in [0.29, 0.717) is 11.4 Å². The highest BCUT2D eigenvalue weighted by Crippen LogP contribution is 2.40. The van der Waals surface area contributed by atoms with E-state index in [-0.39, 0.29) is 23.8 Å². The fraction of sp³-hybridized carbons (Fsp3) is 0.316. The Bertz CT molecular complexity index is 1060. The number of rotatable bonds is 5. The van der Waals surface area contributed by atoms with Crippen molar-refractivity contribution < 1.29 is 19.4 Å². The van der Waals surface area contributed by atoms with Gasteiger partial charge >= 0.3 is 5.69 Å². The minimum atomic E-state index is -0.744. The van der Waals surface area contributed by atoms with Crippen molar-refractivity contribution in [2.24, 2.45) is 0 Å². The summed E-state index contributed by atoms with van der Waals surface area (Å²) in [6, 6.07) is 6.96. The zero-order valence-corrected chi connectivity index (χ0v) is 16.3. The van der Waals surface area contributed by atoms with Crippen molar-refractivity contribution in [1.82, 2.24) is 9.55 Å². The molecular formula is C19H19N3O6S. The van der Waals surface area contributed by atoms with Crippen LogP contribution in [0.4, 0.5) is 5.69 Å². The minimum Gasteiger partial charge on any atom is -0.497 e. The third kappa shape index (κ3) is 3.61. The van der Waals surface area contributed by atoms with Crippen LogP contribution in [0.3, 0.4) is 0 Å². The summed E-state index contributed by atoms with van der Waals surface area (Å²) in [5, 5.41) is 8.63. The van der Waals surface area contributed by atoms with Crippen molar-refractivity contribution in [1.29, 1.82) is 0 Å². The molecule has 2 aliphatic rings. The summed E-state index contributed by atoms with van der Waals surface area (Å²) in [7, 11) is 1.55. The van der Waals surface area contributed by atoms with Crippen LogP contribution >= 0.6 is 11.8 Å². The molecule has 3 unspecified atom stereocenters. The lowest BCUT2D eigenvalue weighted by Gasteiger charge is -2.25. The monoisotopic (exact) mass is 417 g/mol. The van der Waals surface area contributed by atoms with Gasteiger partial charge in [-0.15, -0.1) is 11.8 Å². The first-order chi connectivity index (χ1) is 14.0. The number of nitrogens with one attached hydrogen (secondary N) is 1. The normalized spacial score (nSPS) is 23.7. The summed E-state index contributed by atoms with van der Waals surface area (Å²) in [4.78, 5) is 41.2. The molecule has 3 atom stereocenters. The van der Waals surface area contributed by atoms with E-state index in [1.165, 1.54) is 27.4 Å². The van der Waals surface area contributed by atoms with E-state index in [9.17, 15) is 19.5 Å². The molecule has 1 amide bonds. The standard InChI is InChI=1S/C19H19N3O6S/c1-27-12-4-2-11(3-5-12)22-15(24)10-29-18(22)14-8-21(19(26)20-17(14)25)16-7-6-13(9-23)28-16/h2-8,13,16,18,23H,9-10H2,1H3,(H,20,25,26). The van der Waals surface area contributed by atoms with Crippen LogP contribution in [-0.4, -0.2) is 46.1 Å². The molecule has 0 saturated carbocycles. The molecule has 10 heteroatoms. The number of amides is 1. The minimum absolute atomic E-state index is 0.139. The van der Waals surface area contributed by atoms with E-state index in [0.717, 1.165) is 0 Å². The second kappa shape index (κ2) is 7.90. The summed E-state index contributed by atoms with van der Waals surface area (Å²) in [5.74, 6) is 0.723. The summed E-state index contributed by atoms with van der Waals surface area (Å²) < 4.78 is 12.0. The number of aliphatic hydroxyl groups is 1. The van der Waals surface area contributed by atoms with Crippen molar-refractivity contribution in [2.75, 3.05) is 24.4 Å². The number of anilines is 1. The van der Waals surface area contributed by atoms with Gasteiger partial charge in [-0.25, -0.2) is 4.79 Å². The summed E-state index contributed by atoms with van der Waals surface area (Å²) >= 11 is 1.30. The lowest BCUT2D eigenvalue weighted by Crippen LogP contribution is -2.37. The molecule has 0 spiro atoms. The Morgan fingerprint density at radius 1 is 1.24 bits per heavy atom. The Labute approximate surface area is 169 Å². The molecule has 0 radical (unpaired) electrons. The van der Waals surface area contributed by atoms with Crippen molar-refractivity contribution in [3.8, 4) is 5.75 Å². The fourth-order valence-electron chi connectivity index (χ4n) is 3.29. The quantitative estimate of drug-likeness (QED) is 0.691. The molecule has 152 valence electrons. The molecule has 2 aromatic rings. The molecule has 4 rings (SSSR count). The Hall–Kier alpha value is -2.82. The van der Waals surface area contributed by atoms with E-state index in [1.807, 2.05) is 0 Å². The Morgan fingerprint density at radius 3 is 2.66 bits per heavy atom. The van der Waals surface area contributed by atoms with Gasteiger partial charge in [0, 0.05) is 11.9 Å². The number of hydrogen-bond acceptors (Lipinski definition) is 7. The Balaban J connectivity index is 1.72. The molecule has 0 aliphatic carbocycles. The van der Waals surface area contributed by atoms with Gasteiger partial charge in [0.05, 0.1) is 25.0 Å². The van der Waals surface area contributed by atoms with E-state index in [2.05, 4.69) is 4.98 Å². The number of aromatic nitrogens is 2. The highest BCUT2D eigenvalue weighted by Gasteiger charge is 2.36. The van der Waals surface area contributed by atoms with Crippen molar-refractivity contribution in [2.45, 2.75) is 17.7 Å². The maximum Gasteiger partial charge on any atom is 0.330 e. The van der Waals surface area contributed by atoms with Crippen LogP contribution in [0.15, 0.2) is 52.2 Å². The third-order valence-corrected chi connectivity index (χ3v) is 5.93. The first kappa shape index (κ1) is 19.5. The number of hydrogen-bond donors (Lipinski definition) is 2. The molecule has 3 heterocycles. The van der Waals surface area contributed by atoms with Crippen LogP contribution in [0.5, 0.6) is 5.75 Å². The van der Waals surface area contributed by atoms with Crippen molar-refractivity contribution in [3.05, 3.63) is 69.0 Å². The first-order valence-electron chi connectivity index (χ1n) is 8.89. The van der Waals surface area contributed by atoms with Crippen LogP contribution in [0.25, 0.3) is 0 Å². The van der Waals surface area contributed by atoms with Gasteiger partial charge in [0.2, 0.25) is 5.91 Å². The Morgan fingerprint density at radius 2 is 2.00 bits per heavy atom. The number of methoxy groups -OCH3 is 1. The number of nitrogens with zero attached hydrogens (tertiary/aromatic N) is 2. The van der Waals surface area contributed by atoms with E-state index < -0.39 is 29.0 Å². The fourth-order valence-corrected chi connectivity index (χ4v) is 4.47. The van der Waals surface area contributed by atoms with Gasteiger partial charge in [0.15, 0.2) is 6.23 Å². The molecule has 2 aliphatic heterocycles. The predicted octanol–water partition coefficient (Wildman–Crippen LogP) is 0.770. The van der Waals surface area contributed by atoms with Gasteiger partial charge < -0.3 is 14.6 Å². The third-order valence-electron chi connectivity index (χ3n) is 4.74. The van der Waals surface area contributed by atoms with Crippen molar-refractivity contribution >= 4 is 23.4 Å². The van der Waals surface area contributed by atoms with E-state index in [4.69, 9.17) is 9.47 Å². The molecule has 1 aromatic carbocycles. The van der Waals surface area contributed by atoms with Gasteiger partial charge in [-0.2, -0.15) is 0 Å². The zero-order valence-electron chi connectivity index (χ0n) is 15.5. The predicted molar refractivity (Wildman–Crippen MR) is 107 cm³/mol. The molecule has 9 nitrogen and oxygen atoms in total. The number of benzene rings is 1. The summed E-state index contributed by atoms with van der Waals surface area (Å²) in [6.45, 7) is -0.212. The summed E-state index contributed by atoms with van der Waals surface area (Å²) in [5.41, 5.74) is -0.295. The van der Waals surface area contributed by atoms with Crippen LogP contribution < -0.4 is 20.9 Å². The number of aromatic amines is 1. The molecule has 1 aromatic heterocycles. The topological polar surface area (TPSA) is 114 Å². The second-order valence-electron chi connectivity index (χ2n) is 6.51. The first-order valence-corrected chi connectivity index (χ1v) is 9.94. The molecule has 0 bridgehead atoms. The van der Waals surface area contributed by atoms with Crippen LogP contribution in [0.2, 0.25) is 0 Å². The molecule has 29 heavy (non-hydrogen) atoms. The average molecular weight is 417 g/mol. The Kier molecular flexibility index (Phi) is 5.31. The molecule has 1 fully saturated rings. The maximum atomic E-state index is 12.6. The zero-order chi connectivity index (χ0) is 20.5. The highest BCUT2D eigenvalue weighted by molar-refractivity contribution is 8.00. The largest absolute Gasteiger partial charge is 0.497 e. The average Bonchev–Trinajstić information content (AvgIpc) is 3.35. The number of ether oxygens (including phenoxy) is 2. The molecular weight excluding hydrogens is 398 g/mol. The number of thioether (sulfide) groups is 1. The van der Waals surface area contributed by atoms with Crippen LogP contribution in [-0.2, 0) is 9.53 Å². The number of H-pyrrole nitrogens is 1. The van der Waals surface area contributed by atoms with Crippen LogP contribution in [0.1, 0.15) is 17.2 Å². The second-order valence-corrected chi connectivity index (χ2v) is 7.58. The van der Waals surface area contributed by atoms with Gasteiger partial charge in [-0.3, -0.25) is 24.0 Å². The SMILES string of the molecule is COc1ccc(N2C(=O)CSC2c2cn(C3C=CC(CO)O3)c(=O)[nH]c2=O)cc1. The molecule has 2 N–H and O–H groups in total. The number of carbonyl (C=O) groups excluding carboxylic acids is 1. The number of aliphatic hydroxyl groups excluding tert-OH is 1. The van der Waals surface area contributed by atoms with Crippen molar-refractivity contribution in [3.63, 3.8) is 0 Å². The van der Waals surface area contributed by atoms with Gasteiger partial charge in [0.25, 0.3) is 5.56 Å². The van der Waals surface area contributed by atoms with Gasteiger partial charge in [0.1, 0.15) is 17.2 Å². The molecule has 1 saturated heterocycles.